The van der Waals surface area contributed by atoms with Gasteiger partial charge in [0, 0.05) is 31.4 Å². The van der Waals surface area contributed by atoms with Gasteiger partial charge in [0.2, 0.25) is 11.9 Å². The zero-order valence-corrected chi connectivity index (χ0v) is 20.7. The number of piperidine rings is 1. The van der Waals surface area contributed by atoms with Crippen LogP contribution in [0.4, 0.5) is 4.39 Å². The number of benzene rings is 1. The maximum atomic E-state index is 13.1. The van der Waals surface area contributed by atoms with Gasteiger partial charge in [-0.25, -0.2) is 4.98 Å². The smallest absolute Gasteiger partial charge is 0.261 e. The summed E-state index contributed by atoms with van der Waals surface area (Å²) in [6.45, 7) is 3.74. The minimum absolute atomic E-state index is 0.0554. The van der Waals surface area contributed by atoms with Gasteiger partial charge in [0.25, 0.3) is 5.91 Å². The summed E-state index contributed by atoms with van der Waals surface area (Å²) in [5.41, 5.74) is 1.74. The van der Waals surface area contributed by atoms with Crippen LogP contribution in [0, 0.1) is 18.8 Å². The van der Waals surface area contributed by atoms with Crippen LogP contribution in [0.15, 0.2) is 36.4 Å². The van der Waals surface area contributed by atoms with Gasteiger partial charge in [-0.15, -0.1) is 0 Å². The molecule has 8 heteroatoms. The standard InChI is InChI=1S/C27H34FN3O4/c1-19-21(10-12-24(28)30-19)11-13-25(32)29-16-5-4-7-20-14-17-31(18-15-20)27(33)26-22(34-2)8-6-9-23(26)35-3/h6,8-13,20H,4-5,7,14-18H2,1-3H3,(H,29,32)/b13-11+. The topological polar surface area (TPSA) is 80.8 Å². The second kappa shape index (κ2) is 12.9. The summed E-state index contributed by atoms with van der Waals surface area (Å²) in [5.74, 6) is 0.865. The SMILES string of the molecule is COc1cccc(OC)c1C(=O)N1CCC(CCCCNC(=O)/C=C/c2ccc(F)nc2C)CC1. The molecule has 1 saturated heterocycles. The molecule has 2 amide bonds. The monoisotopic (exact) mass is 483 g/mol. The summed E-state index contributed by atoms with van der Waals surface area (Å²) < 4.78 is 23.8. The fourth-order valence-corrected chi connectivity index (χ4v) is 4.36. The molecule has 0 unspecified atom stereocenters. The lowest BCUT2D eigenvalue weighted by Gasteiger charge is -2.32. The van der Waals surface area contributed by atoms with Crippen molar-refractivity contribution >= 4 is 17.9 Å². The Bertz CT molecular complexity index is 1030. The molecule has 2 aromatic rings. The first-order valence-corrected chi connectivity index (χ1v) is 12.0. The number of unbranched alkanes of at least 4 members (excludes halogenated alkanes) is 1. The predicted molar refractivity (Wildman–Crippen MR) is 133 cm³/mol. The first-order chi connectivity index (χ1) is 16.9. The Hall–Kier alpha value is -3.42. The minimum Gasteiger partial charge on any atom is -0.496 e. The van der Waals surface area contributed by atoms with E-state index in [-0.39, 0.29) is 11.8 Å². The van der Waals surface area contributed by atoms with E-state index < -0.39 is 5.95 Å². The number of amides is 2. The highest BCUT2D eigenvalue weighted by Crippen LogP contribution is 2.31. The number of carbonyl (C=O) groups is 2. The summed E-state index contributed by atoms with van der Waals surface area (Å²) in [7, 11) is 3.11. The molecule has 0 aliphatic carbocycles. The Balaban J connectivity index is 1.36. The Labute approximate surface area is 206 Å². The van der Waals surface area contributed by atoms with Gasteiger partial charge in [0.1, 0.15) is 17.1 Å². The average Bonchev–Trinajstić information content (AvgIpc) is 2.87. The van der Waals surface area contributed by atoms with Crippen LogP contribution in [-0.4, -0.2) is 55.6 Å². The Morgan fingerprint density at radius 1 is 1.11 bits per heavy atom. The van der Waals surface area contributed by atoms with Gasteiger partial charge in [0.05, 0.1) is 14.2 Å². The second-order valence-electron chi connectivity index (χ2n) is 8.70. The van der Waals surface area contributed by atoms with Crippen LogP contribution in [0.3, 0.4) is 0 Å². The molecule has 0 bridgehead atoms. The maximum absolute atomic E-state index is 13.1. The van der Waals surface area contributed by atoms with Crippen LogP contribution in [-0.2, 0) is 4.79 Å². The number of aryl methyl sites for hydroxylation is 1. The third-order valence-electron chi connectivity index (χ3n) is 6.39. The molecule has 1 aromatic carbocycles. The largest absolute Gasteiger partial charge is 0.496 e. The van der Waals surface area contributed by atoms with Gasteiger partial charge in [-0.05, 0) is 68.0 Å². The second-order valence-corrected chi connectivity index (χ2v) is 8.70. The molecule has 1 N–H and O–H groups in total. The Morgan fingerprint density at radius 3 is 2.43 bits per heavy atom. The predicted octanol–water partition coefficient (Wildman–Crippen LogP) is 4.40. The van der Waals surface area contributed by atoms with E-state index in [4.69, 9.17) is 9.47 Å². The third-order valence-corrected chi connectivity index (χ3v) is 6.39. The molecule has 1 aliphatic rings. The lowest BCUT2D eigenvalue weighted by Crippen LogP contribution is -2.38. The number of halogens is 1. The molecule has 1 fully saturated rings. The van der Waals surface area contributed by atoms with E-state index >= 15 is 0 Å². The summed E-state index contributed by atoms with van der Waals surface area (Å²) in [6.07, 6.45) is 8.01. The van der Waals surface area contributed by atoms with E-state index in [9.17, 15) is 14.0 Å². The maximum Gasteiger partial charge on any atom is 0.261 e. The number of hydrogen-bond donors (Lipinski definition) is 1. The Morgan fingerprint density at radius 2 is 1.80 bits per heavy atom. The van der Waals surface area contributed by atoms with E-state index in [1.165, 1.54) is 12.1 Å². The molecule has 35 heavy (non-hydrogen) atoms. The van der Waals surface area contributed by atoms with Crippen molar-refractivity contribution in [3.05, 3.63) is 59.2 Å². The highest BCUT2D eigenvalue weighted by Gasteiger charge is 2.27. The van der Waals surface area contributed by atoms with Crippen LogP contribution in [0.25, 0.3) is 6.08 Å². The first-order valence-electron chi connectivity index (χ1n) is 12.0. The molecule has 0 spiro atoms. The molecule has 7 nitrogen and oxygen atoms in total. The number of nitrogens with zero attached hydrogens (tertiary/aromatic N) is 2. The first kappa shape index (κ1) is 26.2. The molecule has 1 aromatic heterocycles. The summed E-state index contributed by atoms with van der Waals surface area (Å²) in [6, 6.07) is 8.24. The van der Waals surface area contributed by atoms with Crippen LogP contribution in [0.1, 0.15) is 53.7 Å². The molecular formula is C27H34FN3O4. The number of nitrogens with one attached hydrogen (secondary N) is 1. The van der Waals surface area contributed by atoms with Gasteiger partial charge >= 0.3 is 0 Å². The fourth-order valence-electron chi connectivity index (χ4n) is 4.36. The lowest BCUT2D eigenvalue weighted by molar-refractivity contribution is -0.116. The van der Waals surface area contributed by atoms with E-state index in [2.05, 4.69) is 10.3 Å². The van der Waals surface area contributed by atoms with Crippen molar-refractivity contribution in [3.63, 3.8) is 0 Å². The van der Waals surface area contributed by atoms with Gasteiger partial charge in [-0.3, -0.25) is 9.59 Å². The Kier molecular flexibility index (Phi) is 9.64. The molecule has 3 rings (SSSR count). The van der Waals surface area contributed by atoms with Crippen LogP contribution < -0.4 is 14.8 Å². The van der Waals surface area contributed by atoms with E-state index in [0.29, 0.717) is 48.3 Å². The normalized spacial score (nSPS) is 14.2. The zero-order valence-electron chi connectivity index (χ0n) is 20.7. The van der Waals surface area contributed by atoms with E-state index in [1.807, 2.05) is 11.0 Å². The highest BCUT2D eigenvalue weighted by molar-refractivity contribution is 5.99. The van der Waals surface area contributed by atoms with Crippen molar-refractivity contribution in [2.75, 3.05) is 33.9 Å². The molecule has 0 atom stereocenters. The summed E-state index contributed by atoms with van der Waals surface area (Å²) in [5, 5.41) is 2.89. The fraction of sp³-hybridized carbons (Fsp3) is 0.444. The van der Waals surface area contributed by atoms with E-state index in [1.54, 1.807) is 45.4 Å². The lowest BCUT2D eigenvalue weighted by atomic mass is 9.91. The minimum atomic E-state index is -0.530. The zero-order chi connectivity index (χ0) is 25.2. The van der Waals surface area contributed by atoms with Crippen molar-refractivity contribution in [2.45, 2.75) is 39.0 Å². The van der Waals surface area contributed by atoms with Crippen molar-refractivity contribution < 1.29 is 23.5 Å². The average molecular weight is 484 g/mol. The van der Waals surface area contributed by atoms with Gasteiger partial charge < -0.3 is 19.7 Å². The number of aromatic nitrogens is 1. The molecule has 188 valence electrons. The van der Waals surface area contributed by atoms with Crippen molar-refractivity contribution in [3.8, 4) is 11.5 Å². The van der Waals surface area contributed by atoms with Crippen LogP contribution in [0.5, 0.6) is 11.5 Å². The number of methoxy groups -OCH3 is 2. The number of ether oxygens (including phenoxy) is 2. The molecule has 2 heterocycles. The highest BCUT2D eigenvalue weighted by atomic mass is 19.1. The molecular weight excluding hydrogens is 449 g/mol. The number of hydrogen-bond acceptors (Lipinski definition) is 5. The van der Waals surface area contributed by atoms with Gasteiger partial charge in [-0.2, -0.15) is 4.39 Å². The molecule has 0 radical (unpaired) electrons. The third kappa shape index (κ3) is 7.28. The van der Waals surface area contributed by atoms with Gasteiger partial charge in [0.15, 0.2) is 0 Å². The van der Waals surface area contributed by atoms with Crippen molar-refractivity contribution in [1.29, 1.82) is 0 Å². The number of pyridine rings is 1. The van der Waals surface area contributed by atoms with Crippen LogP contribution >= 0.6 is 0 Å². The van der Waals surface area contributed by atoms with Gasteiger partial charge in [-0.1, -0.05) is 18.9 Å². The summed E-state index contributed by atoms with van der Waals surface area (Å²) >= 11 is 0. The van der Waals surface area contributed by atoms with E-state index in [0.717, 1.165) is 37.7 Å². The van der Waals surface area contributed by atoms with Crippen LogP contribution in [0.2, 0.25) is 0 Å². The number of carbonyl (C=O) groups excluding carboxylic acids is 2. The van der Waals surface area contributed by atoms with Crippen molar-refractivity contribution in [1.82, 2.24) is 15.2 Å². The van der Waals surface area contributed by atoms with Crippen molar-refractivity contribution in [2.24, 2.45) is 5.92 Å². The molecule has 1 aliphatic heterocycles. The quantitative estimate of drug-likeness (QED) is 0.308. The number of likely N-dealkylation sites (tertiary alicyclic amines) is 1. The number of rotatable bonds is 10. The summed E-state index contributed by atoms with van der Waals surface area (Å²) in [4.78, 5) is 30.7. The molecule has 0 saturated carbocycles.